The van der Waals surface area contributed by atoms with E-state index in [0.29, 0.717) is 5.15 Å². The van der Waals surface area contributed by atoms with Crippen LogP contribution in [0.4, 0.5) is 5.82 Å². The number of anilines is 1. The molecule has 5 rings (SSSR count). The maximum absolute atomic E-state index is 5.99. The number of piperazine rings is 1. The summed E-state index contributed by atoms with van der Waals surface area (Å²) < 4.78 is 0. The van der Waals surface area contributed by atoms with E-state index in [2.05, 4.69) is 36.8 Å². The van der Waals surface area contributed by atoms with Crippen molar-refractivity contribution in [1.82, 2.24) is 19.8 Å². The van der Waals surface area contributed by atoms with Gasteiger partial charge in [-0.25, -0.2) is 4.98 Å². The Morgan fingerprint density at radius 1 is 0.833 bits per heavy atom. The molecular weight excluding hydrogens is 394 g/mol. The third kappa shape index (κ3) is 4.68. The van der Waals surface area contributed by atoms with Crippen LogP contribution in [0.2, 0.25) is 5.15 Å². The molecule has 0 N–H and O–H groups in total. The molecule has 2 bridgehead atoms. The van der Waals surface area contributed by atoms with Crippen molar-refractivity contribution in [3.05, 3.63) is 29.7 Å². The van der Waals surface area contributed by atoms with Crippen LogP contribution in [-0.4, -0.2) is 72.1 Å². The summed E-state index contributed by atoms with van der Waals surface area (Å²) in [7, 11) is 0. The molecule has 6 heteroatoms. The van der Waals surface area contributed by atoms with E-state index in [0.717, 1.165) is 55.7 Å². The summed E-state index contributed by atoms with van der Waals surface area (Å²) in [6.07, 6.45) is 17.0. The van der Waals surface area contributed by atoms with E-state index in [9.17, 15) is 0 Å². The third-order valence-electron chi connectivity index (χ3n) is 8.01. The minimum absolute atomic E-state index is 0.478. The molecule has 0 spiro atoms. The first-order valence-electron chi connectivity index (χ1n) is 12.1. The van der Waals surface area contributed by atoms with Gasteiger partial charge in [-0.15, -0.1) is 0 Å². The molecule has 4 aliphatic rings. The zero-order valence-corrected chi connectivity index (χ0v) is 18.9. The van der Waals surface area contributed by atoms with Gasteiger partial charge < -0.3 is 9.80 Å². The van der Waals surface area contributed by atoms with Crippen LogP contribution in [0, 0.1) is 23.7 Å². The second-order valence-corrected chi connectivity index (χ2v) is 10.2. The van der Waals surface area contributed by atoms with Gasteiger partial charge in [-0.3, -0.25) is 9.88 Å². The fraction of sp³-hybridized carbons (Fsp3) is 0.750. The van der Waals surface area contributed by atoms with Gasteiger partial charge in [-0.05, 0) is 62.4 Å². The summed E-state index contributed by atoms with van der Waals surface area (Å²) in [6.45, 7) is 9.48. The summed E-state index contributed by atoms with van der Waals surface area (Å²) in [4.78, 5) is 16.3. The Morgan fingerprint density at radius 3 is 2.10 bits per heavy atom. The molecule has 4 atom stereocenters. The molecule has 4 unspecified atom stereocenters. The number of likely N-dealkylation sites (tertiary alicyclic amines) is 1. The maximum atomic E-state index is 5.99. The van der Waals surface area contributed by atoms with E-state index in [1.165, 1.54) is 64.7 Å². The first-order valence-corrected chi connectivity index (χ1v) is 12.5. The fourth-order valence-corrected chi connectivity index (χ4v) is 6.48. The van der Waals surface area contributed by atoms with Gasteiger partial charge in [0.1, 0.15) is 11.0 Å². The van der Waals surface area contributed by atoms with Crippen LogP contribution >= 0.6 is 11.6 Å². The second-order valence-electron chi connectivity index (χ2n) is 9.82. The molecule has 1 aromatic heterocycles. The highest BCUT2D eigenvalue weighted by molar-refractivity contribution is 6.29. The number of halogens is 1. The van der Waals surface area contributed by atoms with E-state index in [4.69, 9.17) is 11.6 Å². The highest BCUT2D eigenvalue weighted by atomic mass is 35.5. The van der Waals surface area contributed by atoms with Gasteiger partial charge in [0.25, 0.3) is 0 Å². The van der Waals surface area contributed by atoms with Crippen molar-refractivity contribution < 1.29 is 0 Å². The molecule has 0 aromatic carbocycles. The van der Waals surface area contributed by atoms with Crippen molar-refractivity contribution in [2.75, 3.05) is 57.3 Å². The van der Waals surface area contributed by atoms with Gasteiger partial charge in [0.15, 0.2) is 0 Å². The van der Waals surface area contributed by atoms with E-state index < -0.39 is 0 Å². The summed E-state index contributed by atoms with van der Waals surface area (Å²) in [5.41, 5.74) is 0. The molecule has 164 valence electrons. The summed E-state index contributed by atoms with van der Waals surface area (Å²) in [5.74, 6) is 4.55. The van der Waals surface area contributed by atoms with Gasteiger partial charge >= 0.3 is 0 Å². The number of hydrogen-bond donors (Lipinski definition) is 0. The molecule has 0 radical (unpaired) electrons. The quantitative estimate of drug-likeness (QED) is 0.505. The van der Waals surface area contributed by atoms with Crippen LogP contribution in [0.25, 0.3) is 0 Å². The average molecular weight is 430 g/mol. The van der Waals surface area contributed by atoms with Gasteiger partial charge in [-0.1, -0.05) is 36.6 Å². The molecule has 1 aromatic rings. The summed E-state index contributed by atoms with van der Waals surface area (Å²) in [5, 5.41) is 0.478. The maximum Gasteiger partial charge on any atom is 0.149 e. The molecule has 5 nitrogen and oxygen atoms in total. The van der Waals surface area contributed by atoms with Crippen LogP contribution in [0.3, 0.4) is 0 Å². The Kier molecular flexibility index (Phi) is 6.59. The van der Waals surface area contributed by atoms with E-state index >= 15 is 0 Å². The lowest BCUT2D eigenvalue weighted by molar-refractivity contribution is 0.204. The summed E-state index contributed by atoms with van der Waals surface area (Å²) >= 11 is 5.99. The number of nitrogens with zero attached hydrogens (tertiary/aromatic N) is 5. The minimum Gasteiger partial charge on any atom is -0.353 e. The summed E-state index contributed by atoms with van der Waals surface area (Å²) in [6, 6.07) is 0. The van der Waals surface area contributed by atoms with Crippen molar-refractivity contribution in [3.8, 4) is 0 Å². The van der Waals surface area contributed by atoms with Gasteiger partial charge in [0.05, 0.1) is 12.4 Å². The molecule has 3 heterocycles. The Labute approximate surface area is 186 Å². The van der Waals surface area contributed by atoms with Crippen LogP contribution < -0.4 is 4.90 Å². The fourth-order valence-electron chi connectivity index (χ4n) is 6.34. The Hall–Kier alpha value is -1.17. The zero-order valence-electron chi connectivity index (χ0n) is 18.1. The van der Waals surface area contributed by atoms with Crippen LogP contribution in [0.15, 0.2) is 24.5 Å². The SMILES string of the molecule is Clc1cncc(N2CCN(CCCCN3CC4C5C=CC(CCCC5)C4C3)CC2)n1. The number of unbranched alkanes of at least 4 members (excludes halogenated alkanes) is 1. The lowest BCUT2D eigenvalue weighted by Gasteiger charge is -2.37. The monoisotopic (exact) mass is 429 g/mol. The number of fused-ring (bicyclic) bond motifs is 5. The predicted molar refractivity (Wildman–Crippen MR) is 123 cm³/mol. The predicted octanol–water partition coefficient (Wildman–Crippen LogP) is 3.96. The van der Waals surface area contributed by atoms with E-state index in [1.54, 1.807) is 6.20 Å². The second kappa shape index (κ2) is 9.54. The van der Waals surface area contributed by atoms with Gasteiger partial charge in [0.2, 0.25) is 0 Å². The van der Waals surface area contributed by atoms with Crippen molar-refractivity contribution in [2.24, 2.45) is 23.7 Å². The molecule has 2 fully saturated rings. The number of allylic oxidation sites excluding steroid dienone is 2. The van der Waals surface area contributed by atoms with Crippen molar-refractivity contribution in [2.45, 2.75) is 38.5 Å². The van der Waals surface area contributed by atoms with E-state index in [-0.39, 0.29) is 0 Å². The van der Waals surface area contributed by atoms with E-state index in [1.807, 2.05) is 6.20 Å². The van der Waals surface area contributed by atoms with Crippen LogP contribution in [-0.2, 0) is 0 Å². The molecule has 0 saturated carbocycles. The molecule has 2 aliphatic heterocycles. The number of hydrogen-bond acceptors (Lipinski definition) is 5. The standard InChI is InChI=1S/C24H36ClN5/c25-23-15-26-16-24(27-23)30-13-11-28(12-14-30)9-3-4-10-29-17-21-19-5-1-2-6-20(8-7-19)22(21)18-29/h7-8,15-16,19-22H,1-6,9-14,17-18H2. The molecular formula is C24H36ClN5. The molecule has 0 amide bonds. The minimum atomic E-state index is 0.478. The molecule has 2 saturated heterocycles. The molecule has 2 aliphatic carbocycles. The zero-order chi connectivity index (χ0) is 20.3. The highest BCUT2D eigenvalue weighted by Gasteiger charge is 2.42. The highest BCUT2D eigenvalue weighted by Crippen LogP contribution is 2.45. The van der Waals surface area contributed by atoms with Crippen LogP contribution in [0.1, 0.15) is 38.5 Å². The smallest absolute Gasteiger partial charge is 0.149 e. The molecule has 30 heavy (non-hydrogen) atoms. The largest absolute Gasteiger partial charge is 0.353 e. The van der Waals surface area contributed by atoms with Gasteiger partial charge in [0, 0.05) is 39.3 Å². The van der Waals surface area contributed by atoms with Crippen molar-refractivity contribution in [3.63, 3.8) is 0 Å². The Morgan fingerprint density at radius 2 is 1.47 bits per heavy atom. The van der Waals surface area contributed by atoms with Crippen molar-refractivity contribution in [1.29, 1.82) is 0 Å². The first-order chi connectivity index (χ1) is 14.8. The van der Waals surface area contributed by atoms with Crippen LogP contribution in [0.5, 0.6) is 0 Å². The number of rotatable bonds is 6. The topological polar surface area (TPSA) is 35.5 Å². The Bertz CT molecular complexity index is 708. The first kappa shape index (κ1) is 20.7. The van der Waals surface area contributed by atoms with Crippen molar-refractivity contribution >= 4 is 17.4 Å². The van der Waals surface area contributed by atoms with Gasteiger partial charge in [-0.2, -0.15) is 0 Å². The lowest BCUT2D eigenvalue weighted by Crippen LogP contribution is -2.47. The number of aromatic nitrogens is 2. The normalized spacial score (nSPS) is 32.2. The Balaban J connectivity index is 1.02. The lowest BCUT2D eigenvalue weighted by atomic mass is 9.67. The average Bonchev–Trinajstić information content (AvgIpc) is 3.16. The third-order valence-corrected chi connectivity index (χ3v) is 8.19.